The van der Waals surface area contributed by atoms with Crippen LogP contribution in [-0.2, 0) is 0 Å². The van der Waals surface area contributed by atoms with Crippen LogP contribution in [0, 0.1) is 5.92 Å². The molecule has 1 N–H and O–H groups in total. The number of piperidine rings is 1. The molecule has 0 atom stereocenters. The van der Waals surface area contributed by atoms with E-state index in [0.717, 1.165) is 24.5 Å². The van der Waals surface area contributed by atoms with Crippen molar-refractivity contribution in [3.63, 3.8) is 0 Å². The number of hydrogen-bond donors (Lipinski definition) is 1. The molecule has 20 heavy (non-hydrogen) atoms. The maximum absolute atomic E-state index is 4.47. The van der Waals surface area contributed by atoms with Crippen molar-refractivity contribution in [2.24, 2.45) is 5.92 Å². The highest BCUT2D eigenvalue weighted by Crippen LogP contribution is 2.26. The minimum absolute atomic E-state index is 0.808. The molecule has 3 heteroatoms. The van der Waals surface area contributed by atoms with E-state index in [4.69, 9.17) is 0 Å². The first-order valence-corrected chi connectivity index (χ1v) is 7.68. The third-order valence-electron chi connectivity index (χ3n) is 4.29. The van der Waals surface area contributed by atoms with Gasteiger partial charge in [-0.2, -0.15) is 0 Å². The Kier molecular flexibility index (Phi) is 4.16. The molecule has 0 spiro atoms. The van der Waals surface area contributed by atoms with E-state index in [0.29, 0.717) is 0 Å². The lowest BCUT2D eigenvalue weighted by Crippen LogP contribution is -2.36. The number of benzene rings is 1. The Hall–Kier alpha value is -1.61. The minimum Gasteiger partial charge on any atom is -0.371 e. The normalized spacial score (nSPS) is 16.4. The molecular weight excluding hydrogens is 246 g/mol. The van der Waals surface area contributed by atoms with E-state index >= 15 is 0 Å². The SMILES string of the molecule is CCN(CC1CCNCC1)c1ccnc2ccccc12. The second kappa shape index (κ2) is 6.23. The van der Waals surface area contributed by atoms with Gasteiger partial charge >= 0.3 is 0 Å². The van der Waals surface area contributed by atoms with Crippen LogP contribution in [0.5, 0.6) is 0 Å². The van der Waals surface area contributed by atoms with Gasteiger partial charge < -0.3 is 10.2 Å². The largest absolute Gasteiger partial charge is 0.371 e. The van der Waals surface area contributed by atoms with Crippen LogP contribution in [0.25, 0.3) is 10.9 Å². The third kappa shape index (κ3) is 2.78. The molecule has 3 rings (SSSR count). The Balaban J connectivity index is 1.86. The predicted octanol–water partition coefficient (Wildman–Crippen LogP) is 3.06. The first kappa shape index (κ1) is 13.4. The quantitative estimate of drug-likeness (QED) is 0.924. The van der Waals surface area contributed by atoms with Gasteiger partial charge in [-0.15, -0.1) is 0 Å². The minimum atomic E-state index is 0.808. The van der Waals surface area contributed by atoms with Gasteiger partial charge in [0.05, 0.1) is 5.52 Å². The van der Waals surface area contributed by atoms with Crippen molar-refractivity contribution in [2.45, 2.75) is 19.8 Å². The van der Waals surface area contributed by atoms with Crippen molar-refractivity contribution >= 4 is 16.6 Å². The first-order chi connectivity index (χ1) is 9.88. The fourth-order valence-corrected chi connectivity index (χ4v) is 3.13. The van der Waals surface area contributed by atoms with Gasteiger partial charge in [0.2, 0.25) is 0 Å². The molecule has 1 aliphatic heterocycles. The van der Waals surface area contributed by atoms with Crippen LogP contribution in [-0.4, -0.2) is 31.2 Å². The molecule has 2 heterocycles. The Bertz CT molecular complexity index is 556. The molecule has 0 bridgehead atoms. The topological polar surface area (TPSA) is 28.2 Å². The maximum Gasteiger partial charge on any atom is 0.0722 e. The molecule has 2 aromatic rings. The summed E-state index contributed by atoms with van der Waals surface area (Å²) in [5.74, 6) is 0.808. The molecule has 0 unspecified atom stereocenters. The summed E-state index contributed by atoms with van der Waals surface area (Å²) in [6.45, 7) is 6.79. The molecule has 106 valence electrons. The van der Waals surface area contributed by atoms with Gasteiger partial charge in [-0.1, -0.05) is 18.2 Å². The van der Waals surface area contributed by atoms with Crippen molar-refractivity contribution in [3.8, 4) is 0 Å². The van der Waals surface area contributed by atoms with E-state index < -0.39 is 0 Å². The second-order valence-corrected chi connectivity index (χ2v) is 5.58. The number of pyridine rings is 1. The summed E-state index contributed by atoms with van der Waals surface area (Å²) < 4.78 is 0. The summed E-state index contributed by atoms with van der Waals surface area (Å²) in [5, 5.41) is 4.72. The number of anilines is 1. The molecule has 1 aromatic carbocycles. The van der Waals surface area contributed by atoms with Gasteiger partial charge in [-0.05, 0) is 50.9 Å². The van der Waals surface area contributed by atoms with Crippen LogP contribution >= 0.6 is 0 Å². The standard InChI is InChI=1S/C17H23N3/c1-2-20(13-14-7-10-18-11-8-14)17-9-12-19-16-6-4-3-5-15(16)17/h3-6,9,12,14,18H,2,7-8,10-11,13H2,1H3. The van der Waals surface area contributed by atoms with Gasteiger partial charge in [-0.25, -0.2) is 0 Å². The number of nitrogens with one attached hydrogen (secondary N) is 1. The molecule has 0 amide bonds. The van der Waals surface area contributed by atoms with Crippen molar-refractivity contribution in [2.75, 3.05) is 31.1 Å². The monoisotopic (exact) mass is 269 g/mol. The van der Waals surface area contributed by atoms with Crippen molar-refractivity contribution in [1.82, 2.24) is 10.3 Å². The zero-order valence-corrected chi connectivity index (χ0v) is 12.2. The van der Waals surface area contributed by atoms with Crippen LogP contribution in [0.4, 0.5) is 5.69 Å². The lowest BCUT2D eigenvalue weighted by Gasteiger charge is -2.31. The third-order valence-corrected chi connectivity index (χ3v) is 4.29. The Morgan fingerprint density at radius 1 is 1.20 bits per heavy atom. The van der Waals surface area contributed by atoms with Crippen LogP contribution in [0.3, 0.4) is 0 Å². The van der Waals surface area contributed by atoms with Gasteiger partial charge in [0.1, 0.15) is 0 Å². The Labute approximate surface area is 121 Å². The van der Waals surface area contributed by atoms with Crippen LogP contribution < -0.4 is 10.2 Å². The second-order valence-electron chi connectivity index (χ2n) is 5.58. The average molecular weight is 269 g/mol. The summed E-state index contributed by atoms with van der Waals surface area (Å²) in [4.78, 5) is 6.98. The molecule has 0 aliphatic carbocycles. The van der Waals surface area contributed by atoms with E-state index in [1.54, 1.807) is 0 Å². The maximum atomic E-state index is 4.47. The van der Waals surface area contributed by atoms with Crippen LogP contribution in [0.2, 0.25) is 0 Å². The summed E-state index contributed by atoms with van der Waals surface area (Å²) in [7, 11) is 0. The van der Waals surface area contributed by atoms with Gasteiger partial charge in [0, 0.05) is 30.4 Å². The molecule has 1 aliphatic rings. The number of para-hydroxylation sites is 1. The highest BCUT2D eigenvalue weighted by molar-refractivity contribution is 5.91. The number of hydrogen-bond acceptors (Lipinski definition) is 3. The molecule has 1 fully saturated rings. The average Bonchev–Trinajstić information content (AvgIpc) is 2.53. The van der Waals surface area contributed by atoms with Gasteiger partial charge in [0.15, 0.2) is 0 Å². The number of aromatic nitrogens is 1. The summed E-state index contributed by atoms with van der Waals surface area (Å²) >= 11 is 0. The van der Waals surface area contributed by atoms with E-state index in [9.17, 15) is 0 Å². The highest BCUT2D eigenvalue weighted by atomic mass is 15.1. The van der Waals surface area contributed by atoms with E-state index in [1.165, 1.54) is 37.0 Å². The number of rotatable bonds is 4. The number of nitrogens with zero attached hydrogens (tertiary/aromatic N) is 2. The van der Waals surface area contributed by atoms with Crippen LogP contribution in [0.1, 0.15) is 19.8 Å². The lowest BCUT2D eigenvalue weighted by molar-refractivity contribution is 0.375. The van der Waals surface area contributed by atoms with Crippen molar-refractivity contribution in [3.05, 3.63) is 36.5 Å². The molecular formula is C17H23N3. The van der Waals surface area contributed by atoms with Gasteiger partial charge in [0.25, 0.3) is 0 Å². The Morgan fingerprint density at radius 3 is 2.80 bits per heavy atom. The first-order valence-electron chi connectivity index (χ1n) is 7.68. The van der Waals surface area contributed by atoms with Crippen molar-refractivity contribution in [1.29, 1.82) is 0 Å². The van der Waals surface area contributed by atoms with E-state index in [-0.39, 0.29) is 0 Å². The highest BCUT2D eigenvalue weighted by Gasteiger charge is 2.17. The van der Waals surface area contributed by atoms with Gasteiger partial charge in [-0.3, -0.25) is 4.98 Å². The molecule has 1 aromatic heterocycles. The fourth-order valence-electron chi connectivity index (χ4n) is 3.13. The smallest absolute Gasteiger partial charge is 0.0722 e. The van der Waals surface area contributed by atoms with Crippen LogP contribution in [0.15, 0.2) is 36.5 Å². The zero-order valence-electron chi connectivity index (χ0n) is 12.2. The molecule has 3 nitrogen and oxygen atoms in total. The fraction of sp³-hybridized carbons (Fsp3) is 0.471. The number of fused-ring (bicyclic) bond motifs is 1. The Morgan fingerprint density at radius 2 is 2.00 bits per heavy atom. The summed E-state index contributed by atoms with van der Waals surface area (Å²) in [5.41, 5.74) is 2.42. The molecule has 1 saturated heterocycles. The lowest BCUT2D eigenvalue weighted by atomic mass is 9.97. The molecule has 0 saturated carbocycles. The van der Waals surface area contributed by atoms with E-state index in [1.807, 2.05) is 6.20 Å². The summed E-state index contributed by atoms with van der Waals surface area (Å²) in [6, 6.07) is 10.6. The zero-order chi connectivity index (χ0) is 13.8. The predicted molar refractivity (Wildman–Crippen MR) is 85.2 cm³/mol. The van der Waals surface area contributed by atoms with E-state index in [2.05, 4.69) is 52.5 Å². The molecule has 0 radical (unpaired) electrons. The summed E-state index contributed by atoms with van der Waals surface area (Å²) in [6.07, 6.45) is 4.52. The van der Waals surface area contributed by atoms with Crippen molar-refractivity contribution < 1.29 is 0 Å².